The van der Waals surface area contributed by atoms with Gasteiger partial charge >= 0.3 is 0 Å². The van der Waals surface area contributed by atoms with Crippen LogP contribution in [0.1, 0.15) is 0 Å². The Bertz CT molecular complexity index is 1640. The molecular weight excluding hydrogens is 418 g/mol. The quantitative estimate of drug-likeness (QED) is 0.259. The molecule has 2 nitrogen and oxygen atoms in total. The van der Waals surface area contributed by atoms with E-state index in [9.17, 15) is 0 Å². The Morgan fingerprint density at radius 2 is 1.39 bits per heavy atom. The van der Waals surface area contributed by atoms with Crippen molar-refractivity contribution in [2.24, 2.45) is 0 Å². The van der Waals surface area contributed by atoms with Crippen LogP contribution in [0, 0.1) is 0 Å². The molecule has 0 N–H and O–H groups in total. The zero-order chi connectivity index (χ0) is 22.6. The minimum Gasteiger partial charge on any atom is -0.455 e. The average molecular weight is 444 g/mol. The van der Waals surface area contributed by atoms with Gasteiger partial charge in [0.1, 0.15) is 11.2 Å². The number of aromatic nitrogens is 1. The molecule has 0 radical (unpaired) electrons. The van der Waals surface area contributed by atoms with Crippen LogP contribution in [0.5, 0.6) is 0 Å². The van der Waals surface area contributed by atoms with Gasteiger partial charge in [0, 0.05) is 21.7 Å². The van der Waals surface area contributed by atoms with Gasteiger partial charge in [-0.15, -0.1) is 0 Å². The van der Waals surface area contributed by atoms with Crippen LogP contribution in [-0.2, 0) is 0 Å². The lowest BCUT2D eigenvalue weighted by Crippen LogP contribution is -2.37. The Hall–Kier alpha value is -3.69. The van der Waals surface area contributed by atoms with Crippen LogP contribution >= 0.6 is 0 Å². The van der Waals surface area contributed by atoms with Crippen molar-refractivity contribution in [1.29, 1.82) is 0 Å². The first-order valence-corrected chi connectivity index (χ1v) is 14.9. The Balaban J connectivity index is 1.67. The predicted molar refractivity (Wildman–Crippen MR) is 143 cm³/mol. The van der Waals surface area contributed by atoms with Gasteiger partial charge in [0.2, 0.25) is 0 Å². The summed E-state index contributed by atoms with van der Waals surface area (Å²) in [6, 6.07) is 34.2. The third-order valence-corrected chi connectivity index (χ3v) is 8.48. The molecule has 2 aromatic heterocycles. The van der Waals surface area contributed by atoms with Crippen LogP contribution in [0.4, 0.5) is 0 Å². The Morgan fingerprint density at radius 1 is 0.636 bits per heavy atom. The van der Waals surface area contributed by atoms with Crippen LogP contribution in [0.15, 0.2) is 101 Å². The molecule has 6 aromatic rings. The van der Waals surface area contributed by atoms with Crippen molar-refractivity contribution in [3.05, 3.63) is 97.1 Å². The van der Waals surface area contributed by atoms with Crippen molar-refractivity contribution in [1.82, 2.24) is 4.98 Å². The van der Waals surface area contributed by atoms with Gasteiger partial charge in [-0.25, -0.2) is 4.98 Å². The molecule has 33 heavy (non-hydrogen) atoms. The summed E-state index contributed by atoms with van der Waals surface area (Å²) in [5.74, 6) is 0. The smallest absolute Gasteiger partial charge is 0.144 e. The molecule has 0 amide bonds. The van der Waals surface area contributed by atoms with Crippen LogP contribution in [0.25, 0.3) is 55.2 Å². The maximum Gasteiger partial charge on any atom is 0.144 e. The molecule has 160 valence electrons. The fraction of sp³-hybridized carbons (Fsp3) is 0.100. The Kier molecular flexibility index (Phi) is 4.49. The molecule has 0 unspecified atom stereocenters. The molecule has 0 saturated heterocycles. The molecule has 0 aliphatic rings. The van der Waals surface area contributed by atoms with Crippen LogP contribution in [-0.4, -0.2) is 13.1 Å². The standard InChI is InChI=1S/C30H25NOSi/c1-33(2,3)21-16-17-27-26(18-21)25(20-10-5-4-6-11-20)19-28(31-27)24-14-9-13-23-22-12-7-8-15-29(22)32-30(23)24/h4-19H,1-3H3. The Morgan fingerprint density at radius 3 is 2.21 bits per heavy atom. The van der Waals surface area contributed by atoms with E-state index in [4.69, 9.17) is 9.40 Å². The highest BCUT2D eigenvalue weighted by Crippen LogP contribution is 2.38. The molecule has 0 bridgehead atoms. The molecular formula is C30H25NOSi. The highest BCUT2D eigenvalue weighted by Gasteiger charge is 2.19. The van der Waals surface area contributed by atoms with Crippen LogP contribution < -0.4 is 5.19 Å². The third kappa shape index (κ3) is 3.36. The van der Waals surface area contributed by atoms with E-state index in [1.807, 2.05) is 12.1 Å². The van der Waals surface area contributed by atoms with Gasteiger partial charge in [0.05, 0.1) is 19.3 Å². The van der Waals surface area contributed by atoms with Gasteiger partial charge in [-0.2, -0.15) is 0 Å². The highest BCUT2D eigenvalue weighted by atomic mass is 28.3. The summed E-state index contributed by atoms with van der Waals surface area (Å²) in [4.78, 5) is 5.13. The SMILES string of the molecule is C[Si](C)(C)c1ccc2nc(-c3cccc4c3oc3ccccc34)cc(-c3ccccc3)c2c1. The maximum atomic E-state index is 6.32. The first kappa shape index (κ1) is 20.0. The average Bonchev–Trinajstić information content (AvgIpc) is 3.22. The van der Waals surface area contributed by atoms with Crippen molar-refractivity contribution in [2.45, 2.75) is 19.6 Å². The number of hydrogen-bond acceptors (Lipinski definition) is 2. The predicted octanol–water partition coefficient (Wildman–Crippen LogP) is 8.01. The van der Waals surface area contributed by atoms with Gasteiger partial charge in [-0.3, -0.25) is 0 Å². The Labute approximate surface area is 194 Å². The summed E-state index contributed by atoms with van der Waals surface area (Å²) >= 11 is 0. The minimum absolute atomic E-state index is 0.892. The second-order valence-corrected chi connectivity index (χ2v) is 14.8. The van der Waals surface area contributed by atoms with E-state index >= 15 is 0 Å². The summed E-state index contributed by atoms with van der Waals surface area (Å²) in [7, 11) is -1.45. The molecule has 0 atom stereocenters. The van der Waals surface area contributed by atoms with Crippen molar-refractivity contribution in [2.75, 3.05) is 0 Å². The van der Waals surface area contributed by atoms with E-state index in [-0.39, 0.29) is 0 Å². The summed E-state index contributed by atoms with van der Waals surface area (Å²) in [6.45, 7) is 7.17. The molecule has 0 spiro atoms. The lowest BCUT2D eigenvalue weighted by molar-refractivity contribution is 0.670. The summed E-state index contributed by atoms with van der Waals surface area (Å²) in [5, 5.41) is 4.92. The van der Waals surface area contributed by atoms with Gasteiger partial charge in [-0.1, -0.05) is 97.6 Å². The minimum atomic E-state index is -1.45. The van der Waals surface area contributed by atoms with E-state index in [1.54, 1.807) is 0 Å². The fourth-order valence-electron chi connectivity index (χ4n) is 4.64. The van der Waals surface area contributed by atoms with E-state index in [0.29, 0.717) is 0 Å². The van der Waals surface area contributed by atoms with E-state index in [1.165, 1.54) is 21.7 Å². The lowest BCUT2D eigenvalue weighted by atomic mass is 9.97. The molecule has 6 rings (SSSR count). The summed E-state index contributed by atoms with van der Waals surface area (Å²) in [5.41, 5.74) is 7.19. The number of benzene rings is 4. The van der Waals surface area contributed by atoms with Crippen LogP contribution in [0.3, 0.4) is 0 Å². The molecule has 0 aliphatic carbocycles. The number of pyridine rings is 1. The number of para-hydroxylation sites is 2. The molecule has 2 heterocycles. The van der Waals surface area contributed by atoms with Gasteiger partial charge in [0.15, 0.2) is 0 Å². The van der Waals surface area contributed by atoms with Gasteiger partial charge < -0.3 is 4.42 Å². The monoisotopic (exact) mass is 443 g/mol. The van der Waals surface area contributed by atoms with Crippen molar-refractivity contribution < 1.29 is 4.42 Å². The number of hydrogen-bond donors (Lipinski definition) is 0. The normalized spacial score (nSPS) is 12.1. The highest BCUT2D eigenvalue weighted by molar-refractivity contribution is 6.88. The fourth-order valence-corrected chi connectivity index (χ4v) is 5.80. The third-order valence-electron chi connectivity index (χ3n) is 6.44. The van der Waals surface area contributed by atoms with Crippen LogP contribution in [0.2, 0.25) is 19.6 Å². The molecule has 0 aliphatic heterocycles. The van der Waals surface area contributed by atoms with E-state index in [2.05, 4.69) is 105 Å². The van der Waals surface area contributed by atoms with Gasteiger partial charge in [0.25, 0.3) is 0 Å². The van der Waals surface area contributed by atoms with Crippen molar-refractivity contribution >= 4 is 46.1 Å². The van der Waals surface area contributed by atoms with Gasteiger partial charge in [-0.05, 0) is 35.4 Å². The first-order valence-electron chi connectivity index (χ1n) is 11.4. The zero-order valence-corrected chi connectivity index (χ0v) is 20.1. The van der Waals surface area contributed by atoms with Crippen molar-refractivity contribution in [3.63, 3.8) is 0 Å². The largest absolute Gasteiger partial charge is 0.455 e. The van der Waals surface area contributed by atoms with Crippen molar-refractivity contribution in [3.8, 4) is 22.4 Å². The lowest BCUT2D eigenvalue weighted by Gasteiger charge is -2.18. The van der Waals surface area contributed by atoms with E-state index in [0.717, 1.165) is 38.7 Å². The first-order chi connectivity index (χ1) is 16.0. The number of nitrogens with zero attached hydrogens (tertiary/aromatic N) is 1. The zero-order valence-electron chi connectivity index (χ0n) is 19.1. The molecule has 0 saturated carbocycles. The topological polar surface area (TPSA) is 26.0 Å². The maximum absolute atomic E-state index is 6.32. The molecule has 0 fully saturated rings. The summed E-state index contributed by atoms with van der Waals surface area (Å²) in [6.07, 6.45) is 0. The number of fused-ring (bicyclic) bond motifs is 4. The molecule has 3 heteroatoms. The molecule has 4 aromatic carbocycles. The second kappa shape index (κ2) is 7.43. The second-order valence-electron chi connectivity index (χ2n) is 9.68. The number of rotatable bonds is 3. The number of furan rings is 1. The van der Waals surface area contributed by atoms with E-state index < -0.39 is 8.07 Å². The summed E-state index contributed by atoms with van der Waals surface area (Å²) < 4.78 is 6.32.